The first-order valence-electron chi connectivity index (χ1n) is 6.12. The third-order valence-electron chi connectivity index (χ3n) is 3.03. The lowest BCUT2D eigenvalue weighted by molar-refractivity contribution is 0.0940. The molecule has 2 heterocycles. The molecule has 0 saturated carbocycles. The predicted octanol–water partition coefficient (Wildman–Crippen LogP) is 0.266. The van der Waals surface area contributed by atoms with E-state index in [2.05, 4.69) is 32.6 Å². The summed E-state index contributed by atoms with van der Waals surface area (Å²) in [7, 11) is 0. The highest BCUT2D eigenvalue weighted by molar-refractivity contribution is 5.91. The SMILES string of the molecule is CC(CNC(=O)c1cn[nH]n1)CN1CCCC1. The number of hydrogen-bond donors (Lipinski definition) is 2. The van der Waals surface area contributed by atoms with E-state index < -0.39 is 0 Å². The first kappa shape index (κ1) is 12.0. The first-order valence-corrected chi connectivity index (χ1v) is 6.12. The highest BCUT2D eigenvalue weighted by Gasteiger charge is 2.15. The zero-order valence-electron chi connectivity index (χ0n) is 10.1. The van der Waals surface area contributed by atoms with Crippen LogP contribution in [0.15, 0.2) is 6.20 Å². The Morgan fingerprint density at radius 2 is 2.35 bits per heavy atom. The Morgan fingerprint density at radius 3 is 3.00 bits per heavy atom. The molecule has 0 aliphatic carbocycles. The van der Waals surface area contributed by atoms with E-state index in [-0.39, 0.29) is 5.91 Å². The van der Waals surface area contributed by atoms with Crippen LogP contribution in [-0.4, -0.2) is 52.4 Å². The summed E-state index contributed by atoms with van der Waals surface area (Å²) in [5.41, 5.74) is 0.346. The molecule has 6 nitrogen and oxygen atoms in total. The molecule has 2 rings (SSSR count). The van der Waals surface area contributed by atoms with Crippen LogP contribution in [0.25, 0.3) is 0 Å². The zero-order valence-corrected chi connectivity index (χ0v) is 10.1. The summed E-state index contributed by atoms with van der Waals surface area (Å²) in [6.45, 7) is 6.28. The van der Waals surface area contributed by atoms with Gasteiger partial charge in [0.25, 0.3) is 5.91 Å². The number of nitrogens with one attached hydrogen (secondary N) is 2. The largest absolute Gasteiger partial charge is 0.350 e. The Morgan fingerprint density at radius 1 is 1.59 bits per heavy atom. The minimum atomic E-state index is -0.160. The summed E-state index contributed by atoms with van der Waals surface area (Å²) < 4.78 is 0. The maximum Gasteiger partial charge on any atom is 0.273 e. The maximum absolute atomic E-state index is 11.6. The molecule has 1 fully saturated rings. The summed E-state index contributed by atoms with van der Waals surface area (Å²) in [5, 5.41) is 12.6. The van der Waals surface area contributed by atoms with E-state index in [1.54, 1.807) is 0 Å². The van der Waals surface area contributed by atoms with Gasteiger partial charge in [-0.2, -0.15) is 15.4 Å². The van der Waals surface area contributed by atoms with Crippen LogP contribution in [0.3, 0.4) is 0 Å². The van der Waals surface area contributed by atoms with Crippen molar-refractivity contribution in [2.45, 2.75) is 19.8 Å². The standard InChI is InChI=1S/C11H19N5O/c1-9(8-16-4-2-3-5-16)6-12-11(17)10-7-13-15-14-10/h7,9H,2-6,8H2,1H3,(H,12,17)(H,13,14,15). The lowest BCUT2D eigenvalue weighted by Gasteiger charge is -2.20. The van der Waals surface area contributed by atoms with Gasteiger partial charge < -0.3 is 10.2 Å². The number of carbonyl (C=O) groups is 1. The molecule has 1 aromatic rings. The number of likely N-dealkylation sites (tertiary alicyclic amines) is 1. The number of H-pyrrole nitrogens is 1. The van der Waals surface area contributed by atoms with Gasteiger partial charge in [0.2, 0.25) is 0 Å². The Bertz CT molecular complexity index is 345. The fourth-order valence-corrected chi connectivity index (χ4v) is 2.14. The molecule has 1 saturated heterocycles. The molecule has 0 aromatic carbocycles. The molecule has 0 spiro atoms. The van der Waals surface area contributed by atoms with Crippen LogP contribution < -0.4 is 5.32 Å². The van der Waals surface area contributed by atoms with Crippen molar-refractivity contribution in [2.24, 2.45) is 5.92 Å². The molecule has 1 unspecified atom stereocenters. The summed E-state index contributed by atoms with van der Waals surface area (Å²) in [6, 6.07) is 0. The van der Waals surface area contributed by atoms with Gasteiger partial charge in [-0.1, -0.05) is 6.92 Å². The summed E-state index contributed by atoms with van der Waals surface area (Å²) >= 11 is 0. The number of amides is 1. The Labute approximate surface area is 101 Å². The lowest BCUT2D eigenvalue weighted by Crippen LogP contribution is -2.34. The van der Waals surface area contributed by atoms with Crippen LogP contribution in [0.4, 0.5) is 0 Å². The van der Waals surface area contributed by atoms with Crippen LogP contribution in [0.5, 0.6) is 0 Å². The number of carbonyl (C=O) groups excluding carboxylic acids is 1. The molecule has 1 aromatic heterocycles. The van der Waals surface area contributed by atoms with Gasteiger partial charge in [0.05, 0.1) is 6.20 Å². The van der Waals surface area contributed by atoms with Crippen molar-refractivity contribution in [1.29, 1.82) is 0 Å². The number of aromatic amines is 1. The van der Waals surface area contributed by atoms with Crippen molar-refractivity contribution in [1.82, 2.24) is 25.6 Å². The topological polar surface area (TPSA) is 73.9 Å². The average Bonchev–Trinajstić information content (AvgIpc) is 2.97. The molecular weight excluding hydrogens is 218 g/mol. The number of hydrogen-bond acceptors (Lipinski definition) is 4. The molecule has 94 valence electrons. The fourth-order valence-electron chi connectivity index (χ4n) is 2.14. The first-order chi connectivity index (χ1) is 8.25. The molecule has 1 aliphatic heterocycles. The maximum atomic E-state index is 11.6. The Hall–Kier alpha value is -1.43. The minimum absolute atomic E-state index is 0.160. The van der Waals surface area contributed by atoms with Crippen molar-refractivity contribution in [3.63, 3.8) is 0 Å². The van der Waals surface area contributed by atoms with Crippen LogP contribution in [0.2, 0.25) is 0 Å². The van der Waals surface area contributed by atoms with Gasteiger partial charge in [0.15, 0.2) is 5.69 Å². The predicted molar refractivity (Wildman–Crippen MR) is 63.6 cm³/mol. The van der Waals surface area contributed by atoms with E-state index in [4.69, 9.17) is 0 Å². The third kappa shape index (κ3) is 3.52. The smallest absolute Gasteiger partial charge is 0.273 e. The fraction of sp³-hybridized carbons (Fsp3) is 0.727. The van der Waals surface area contributed by atoms with Gasteiger partial charge in [-0.15, -0.1) is 0 Å². The molecule has 2 N–H and O–H groups in total. The van der Waals surface area contributed by atoms with Crippen LogP contribution in [0, 0.1) is 5.92 Å². The van der Waals surface area contributed by atoms with Crippen molar-refractivity contribution in [3.8, 4) is 0 Å². The summed E-state index contributed by atoms with van der Waals surface area (Å²) in [6.07, 6.45) is 4.04. The lowest BCUT2D eigenvalue weighted by atomic mass is 10.1. The molecule has 1 aliphatic rings. The van der Waals surface area contributed by atoms with E-state index in [0.717, 1.165) is 6.54 Å². The van der Waals surface area contributed by atoms with E-state index in [1.807, 2.05) is 0 Å². The molecule has 6 heteroatoms. The van der Waals surface area contributed by atoms with Gasteiger partial charge in [-0.3, -0.25) is 4.79 Å². The highest BCUT2D eigenvalue weighted by atomic mass is 16.1. The second-order valence-electron chi connectivity index (χ2n) is 4.68. The molecule has 0 radical (unpaired) electrons. The van der Waals surface area contributed by atoms with Crippen molar-refractivity contribution in [3.05, 3.63) is 11.9 Å². The molecular formula is C11H19N5O. The van der Waals surface area contributed by atoms with Crippen molar-refractivity contribution < 1.29 is 4.79 Å². The number of aromatic nitrogens is 3. The molecule has 1 atom stereocenters. The summed E-state index contributed by atoms with van der Waals surface area (Å²) in [5.74, 6) is 0.302. The van der Waals surface area contributed by atoms with Gasteiger partial charge in [-0.05, 0) is 31.8 Å². The third-order valence-corrected chi connectivity index (χ3v) is 3.03. The van der Waals surface area contributed by atoms with Gasteiger partial charge in [0.1, 0.15) is 0 Å². The van der Waals surface area contributed by atoms with E-state index >= 15 is 0 Å². The van der Waals surface area contributed by atoms with Crippen LogP contribution in [0.1, 0.15) is 30.3 Å². The second-order valence-corrected chi connectivity index (χ2v) is 4.68. The van der Waals surface area contributed by atoms with E-state index in [9.17, 15) is 4.79 Å². The van der Waals surface area contributed by atoms with Gasteiger partial charge in [0, 0.05) is 13.1 Å². The number of rotatable bonds is 5. The average molecular weight is 237 g/mol. The van der Waals surface area contributed by atoms with E-state index in [0.29, 0.717) is 18.2 Å². The Kier molecular flexibility index (Phi) is 4.08. The second kappa shape index (κ2) is 5.77. The molecule has 0 bridgehead atoms. The highest BCUT2D eigenvalue weighted by Crippen LogP contribution is 2.09. The quantitative estimate of drug-likeness (QED) is 0.770. The van der Waals surface area contributed by atoms with Crippen LogP contribution >= 0.6 is 0 Å². The summed E-state index contributed by atoms with van der Waals surface area (Å²) in [4.78, 5) is 14.1. The van der Waals surface area contributed by atoms with Crippen molar-refractivity contribution >= 4 is 5.91 Å². The van der Waals surface area contributed by atoms with Crippen molar-refractivity contribution in [2.75, 3.05) is 26.2 Å². The minimum Gasteiger partial charge on any atom is -0.350 e. The monoisotopic (exact) mass is 237 g/mol. The van der Waals surface area contributed by atoms with Crippen LogP contribution in [-0.2, 0) is 0 Å². The zero-order chi connectivity index (χ0) is 12.1. The molecule has 1 amide bonds. The van der Waals surface area contributed by atoms with Gasteiger partial charge in [-0.25, -0.2) is 0 Å². The number of nitrogens with zero attached hydrogens (tertiary/aromatic N) is 3. The Balaban J connectivity index is 1.68. The normalized spacial score (nSPS) is 18.2. The van der Waals surface area contributed by atoms with Gasteiger partial charge >= 0.3 is 0 Å². The molecule has 17 heavy (non-hydrogen) atoms. The van der Waals surface area contributed by atoms with E-state index in [1.165, 1.54) is 32.1 Å².